The second kappa shape index (κ2) is 7.69. The Balaban J connectivity index is 1.53. The van der Waals surface area contributed by atoms with Crippen molar-refractivity contribution < 1.29 is 4.79 Å². The minimum atomic E-state index is -0.340. The summed E-state index contributed by atoms with van der Waals surface area (Å²) in [6.45, 7) is 3.94. The zero-order valence-corrected chi connectivity index (χ0v) is 17.4. The molecule has 0 saturated carbocycles. The van der Waals surface area contributed by atoms with E-state index in [0.717, 1.165) is 31.8 Å². The number of halogens is 1. The number of thiophene rings is 1. The lowest BCUT2D eigenvalue weighted by atomic mass is 10.0. The number of fused-ring (bicyclic) bond motifs is 1. The van der Waals surface area contributed by atoms with E-state index < -0.39 is 0 Å². The molecule has 2 amide bonds. The van der Waals surface area contributed by atoms with Gasteiger partial charge in [-0.2, -0.15) is 0 Å². The number of aryl methyl sites for hydroxylation is 2. The number of rotatable bonds is 3. The van der Waals surface area contributed by atoms with E-state index in [1.54, 1.807) is 23.5 Å². The fourth-order valence-corrected chi connectivity index (χ4v) is 4.30. The minimum Gasteiger partial charge on any atom is -0.383 e. The van der Waals surface area contributed by atoms with Crippen molar-refractivity contribution in [3.63, 3.8) is 0 Å². The number of nitrogens with two attached hydrogens (primary N) is 1. The third-order valence-electron chi connectivity index (χ3n) is 4.55. The maximum Gasteiger partial charge on any atom is 0.323 e. The lowest BCUT2D eigenvalue weighted by Gasteiger charge is -2.10. The summed E-state index contributed by atoms with van der Waals surface area (Å²) in [6.07, 6.45) is 1.48. The van der Waals surface area contributed by atoms with Crippen LogP contribution in [0.15, 0.2) is 48.8 Å². The maximum atomic E-state index is 12.3. The zero-order valence-electron chi connectivity index (χ0n) is 15.8. The Kier molecular flexibility index (Phi) is 5.08. The molecule has 0 saturated heterocycles. The summed E-state index contributed by atoms with van der Waals surface area (Å²) in [5.74, 6) is 0.465. The first-order chi connectivity index (χ1) is 13.9. The molecule has 29 heavy (non-hydrogen) atoms. The van der Waals surface area contributed by atoms with Gasteiger partial charge in [0.05, 0.1) is 5.39 Å². The van der Waals surface area contributed by atoms with Gasteiger partial charge in [0.1, 0.15) is 17.0 Å². The van der Waals surface area contributed by atoms with Crippen molar-refractivity contribution >= 4 is 56.4 Å². The zero-order chi connectivity index (χ0) is 20.5. The maximum absolute atomic E-state index is 12.3. The van der Waals surface area contributed by atoms with E-state index in [1.165, 1.54) is 6.33 Å². The van der Waals surface area contributed by atoms with Crippen molar-refractivity contribution in [2.45, 2.75) is 13.8 Å². The molecule has 0 aliphatic carbocycles. The minimum absolute atomic E-state index is 0.340. The van der Waals surface area contributed by atoms with E-state index in [-0.39, 0.29) is 6.03 Å². The summed E-state index contributed by atoms with van der Waals surface area (Å²) in [4.78, 5) is 22.7. The number of nitrogen functional groups attached to an aromatic ring is 1. The molecule has 0 aliphatic rings. The van der Waals surface area contributed by atoms with Gasteiger partial charge in [0, 0.05) is 26.8 Å². The summed E-state index contributed by atoms with van der Waals surface area (Å²) >= 11 is 7.68. The van der Waals surface area contributed by atoms with Crippen molar-refractivity contribution in [3.05, 3.63) is 64.3 Å². The summed E-state index contributed by atoms with van der Waals surface area (Å²) in [5, 5.41) is 7.07. The van der Waals surface area contributed by atoms with Crippen molar-refractivity contribution in [2.24, 2.45) is 0 Å². The monoisotopic (exact) mass is 423 g/mol. The topological polar surface area (TPSA) is 92.9 Å². The van der Waals surface area contributed by atoms with Gasteiger partial charge in [-0.25, -0.2) is 14.8 Å². The molecular weight excluding hydrogens is 406 g/mol. The molecule has 2 aromatic heterocycles. The number of carbonyl (C=O) groups excluding carboxylic acids is 1. The van der Waals surface area contributed by atoms with Gasteiger partial charge in [0.15, 0.2) is 0 Å². The number of amides is 2. The number of aromatic nitrogens is 2. The fraction of sp³-hybridized carbons (Fsp3) is 0.0952. The van der Waals surface area contributed by atoms with Crippen LogP contribution >= 0.6 is 22.9 Å². The van der Waals surface area contributed by atoms with Crippen molar-refractivity contribution in [3.8, 4) is 11.1 Å². The molecule has 2 aromatic carbocycles. The van der Waals surface area contributed by atoms with Crippen LogP contribution < -0.4 is 16.4 Å². The highest BCUT2D eigenvalue weighted by molar-refractivity contribution is 7.19. The molecule has 0 spiro atoms. The van der Waals surface area contributed by atoms with Gasteiger partial charge in [-0.05, 0) is 49.2 Å². The number of nitrogens with zero attached hydrogens (tertiary/aromatic N) is 2. The molecular formula is C21H18ClN5OS. The molecule has 0 bridgehead atoms. The van der Waals surface area contributed by atoms with Crippen molar-refractivity contribution in [2.75, 3.05) is 16.4 Å². The highest BCUT2D eigenvalue weighted by Gasteiger charge is 2.15. The summed E-state index contributed by atoms with van der Waals surface area (Å²) in [5.41, 5.74) is 10.3. The molecule has 0 fully saturated rings. The lowest BCUT2D eigenvalue weighted by Crippen LogP contribution is -2.19. The van der Waals surface area contributed by atoms with Crippen molar-refractivity contribution in [1.82, 2.24) is 9.97 Å². The van der Waals surface area contributed by atoms with E-state index in [9.17, 15) is 4.79 Å². The number of hydrogen-bond acceptors (Lipinski definition) is 5. The quantitative estimate of drug-likeness (QED) is 0.385. The average Bonchev–Trinajstić information content (AvgIpc) is 3.02. The fourth-order valence-electron chi connectivity index (χ4n) is 3.10. The number of benzene rings is 2. The first kappa shape index (κ1) is 19.2. The predicted octanol–water partition coefficient (Wildman–Crippen LogP) is 5.85. The third-order valence-corrected chi connectivity index (χ3v) is 5.98. The van der Waals surface area contributed by atoms with Crippen LogP contribution in [0.1, 0.15) is 10.4 Å². The first-order valence-electron chi connectivity index (χ1n) is 8.86. The Morgan fingerprint density at radius 3 is 2.45 bits per heavy atom. The van der Waals surface area contributed by atoms with Gasteiger partial charge < -0.3 is 16.4 Å². The largest absolute Gasteiger partial charge is 0.383 e. The van der Waals surface area contributed by atoms with E-state index in [4.69, 9.17) is 17.3 Å². The Hall–Kier alpha value is -3.16. The molecule has 4 N–H and O–H groups in total. The van der Waals surface area contributed by atoms with E-state index in [1.807, 2.05) is 44.2 Å². The highest BCUT2D eigenvalue weighted by atomic mass is 35.5. The Labute approximate surface area is 176 Å². The third kappa shape index (κ3) is 3.87. The molecule has 6 nitrogen and oxygen atoms in total. The standard InChI is InChI=1S/C21H18ClN5OS/c1-11-3-6-15(9-16(11)22)27-21(28)26-14-7-4-13(5-8-14)17-12(2)29-20-18(17)19(23)24-10-25-20/h3-10H,1-2H3,(H2,23,24,25)(H2,26,27,28). The number of hydrogen-bond donors (Lipinski definition) is 3. The van der Waals surface area contributed by atoms with Crippen LogP contribution in [0, 0.1) is 13.8 Å². The van der Waals surface area contributed by atoms with Gasteiger partial charge in [-0.15, -0.1) is 11.3 Å². The Morgan fingerprint density at radius 1 is 1.03 bits per heavy atom. The van der Waals surface area contributed by atoms with Crippen LogP contribution in [-0.2, 0) is 0 Å². The Bertz CT molecular complexity index is 1220. The average molecular weight is 424 g/mol. The predicted molar refractivity (Wildman–Crippen MR) is 121 cm³/mol. The summed E-state index contributed by atoms with van der Waals surface area (Å²) in [6, 6.07) is 12.6. The molecule has 4 aromatic rings. The molecule has 4 rings (SSSR count). The Morgan fingerprint density at radius 2 is 1.72 bits per heavy atom. The summed E-state index contributed by atoms with van der Waals surface area (Å²) in [7, 11) is 0. The van der Waals surface area contributed by atoms with E-state index >= 15 is 0 Å². The molecule has 0 radical (unpaired) electrons. The number of anilines is 3. The number of carbonyl (C=O) groups is 1. The number of nitrogens with one attached hydrogen (secondary N) is 2. The first-order valence-corrected chi connectivity index (χ1v) is 10.1. The smallest absolute Gasteiger partial charge is 0.323 e. The second-order valence-electron chi connectivity index (χ2n) is 6.59. The SMILES string of the molecule is Cc1ccc(NC(=O)Nc2ccc(-c3c(C)sc4ncnc(N)c34)cc2)cc1Cl. The van der Waals surface area contributed by atoms with Crippen LogP contribution in [0.4, 0.5) is 22.0 Å². The van der Waals surface area contributed by atoms with Crippen LogP contribution in [0.5, 0.6) is 0 Å². The van der Waals surface area contributed by atoms with Crippen LogP contribution in [0.3, 0.4) is 0 Å². The summed E-state index contributed by atoms with van der Waals surface area (Å²) < 4.78 is 0. The van der Waals surface area contributed by atoms with Crippen LogP contribution in [0.2, 0.25) is 5.02 Å². The van der Waals surface area contributed by atoms with Gasteiger partial charge in [-0.3, -0.25) is 0 Å². The molecule has 2 heterocycles. The molecule has 0 aliphatic heterocycles. The van der Waals surface area contributed by atoms with Crippen LogP contribution in [0.25, 0.3) is 21.3 Å². The molecule has 8 heteroatoms. The van der Waals surface area contributed by atoms with E-state index in [2.05, 4.69) is 20.6 Å². The highest BCUT2D eigenvalue weighted by Crippen LogP contribution is 2.39. The van der Waals surface area contributed by atoms with Crippen LogP contribution in [-0.4, -0.2) is 16.0 Å². The normalized spacial score (nSPS) is 10.9. The molecule has 0 unspecified atom stereocenters. The number of urea groups is 1. The second-order valence-corrected chi connectivity index (χ2v) is 8.20. The lowest BCUT2D eigenvalue weighted by molar-refractivity contribution is 0.262. The van der Waals surface area contributed by atoms with Crippen molar-refractivity contribution in [1.29, 1.82) is 0 Å². The van der Waals surface area contributed by atoms with Gasteiger partial charge in [0.2, 0.25) is 0 Å². The molecule has 146 valence electrons. The van der Waals surface area contributed by atoms with Gasteiger partial charge >= 0.3 is 6.03 Å². The van der Waals surface area contributed by atoms with Gasteiger partial charge in [-0.1, -0.05) is 29.8 Å². The van der Waals surface area contributed by atoms with Gasteiger partial charge in [0.25, 0.3) is 0 Å². The van der Waals surface area contributed by atoms with E-state index in [0.29, 0.717) is 22.2 Å². The molecule has 0 atom stereocenters.